The van der Waals surface area contributed by atoms with Gasteiger partial charge in [-0.15, -0.1) is 0 Å². The van der Waals surface area contributed by atoms with Crippen LogP contribution in [0.25, 0.3) is 0 Å². The van der Waals surface area contributed by atoms with E-state index in [0.29, 0.717) is 0 Å². The maximum absolute atomic E-state index is 12.9. The minimum atomic E-state index is -4.51. The Labute approximate surface area is 181 Å². The molecule has 30 heavy (non-hydrogen) atoms. The number of nitrogens with one attached hydrogen (secondary N) is 1. The van der Waals surface area contributed by atoms with Crippen molar-refractivity contribution in [2.24, 2.45) is 5.92 Å². The molecule has 1 amide bonds. The Morgan fingerprint density at radius 2 is 1.60 bits per heavy atom. The average molecular weight is 481 g/mol. The first-order valence-electron chi connectivity index (χ1n) is 8.92. The molecule has 0 radical (unpaired) electrons. The van der Waals surface area contributed by atoms with Gasteiger partial charge in [0.05, 0.1) is 15.6 Å². The fraction of sp³-hybridized carbons (Fsp3) is 0.316. The maximum Gasteiger partial charge on any atom is 0.416 e. The number of rotatable bonds is 4. The second kappa shape index (κ2) is 8.74. The second-order valence-corrected chi connectivity index (χ2v) is 9.49. The summed E-state index contributed by atoms with van der Waals surface area (Å²) in [4.78, 5) is 12.3. The number of anilines is 1. The van der Waals surface area contributed by atoms with Gasteiger partial charge in [-0.1, -0.05) is 35.3 Å². The number of nitrogens with zero attached hydrogens (tertiary/aromatic N) is 1. The number of carbonyl (C=O) groups is 1. The topological polar surface area (TPSA) is 66.5 Å². The van der Waals surface area contributed by atoms with Crippen molar-refractivity contribution in [1.29, 1.82) is 0 Å². The Balaban J connectivity index is 1.66. The summed E-state index contributed by atoms with van der Waals surface area (Å²) < 4.78 is 65.4. The lowest BCUT2D eigenvalue weighted by atomic mass is 9.97. The lowest BCUT2D eigenvalue weighted by Gasteiger charge is -2.31. The van der Waals surface area contributed by atoms with Gasteiger partial charge in [0.1, 0.15) is 4.90 Å². The number of sulfonamides is 1. The molecule has 5 nitrogen and oxygen atoms in total. The number of piperidine rings is 1. The molecule has 1 fully saturated rings. The third-order valence-corrected chi connectivity index (χ3v) is 7.65. The molecule has 3 rings (SSSR count). The lowest BCUT2D eigenvalue weighted by Crippen LogP contribution is -2.41. The molecule has 0 aromatic heterocycles. The van der Waals surface area contributed by atoms with E-state index in [9.17, 15) is 26.4 Å². The first kappa shape index (κ1) is 22.9. The van der Waals surface area contributed by atoms with Crippen LogP contribution in [0.2, 0.25) is 10.0 Å². The van der Waals surface area contributed by atoms with Crippen LogP contribution in [0.15, 0.2) is 47.4 Å². The Morgan fingerprint density at radius 3 is 2.17 bits per heavy atom. The van der Waals surface area contributed by atoms with E-state index < -0.39 is 33.6 Å². The van der Waals surface area contributed by atoms with Crippen LogP contribution in [0.4, 0.5) is 18.9 Å². The van der Waals surface area contributed by atoms with E-state index in [1.165, 1.54) is 34.6 Å². The van der Waals surface area contributed by atoms with E-state index in [4.69, 9.17) is 23.2 Å². The van der Waals surface area contributed by atoms with Crippen LogP contribution in [-0.2, 0) is 21.0 Å². The minimum absolute atomic E-state index is 0.00640. The molecule has 1 aliphatic rings. The molecular weight excluding hydrogens is 464 g/mol. The van der Waals surface area contributed by atoms with Crippen LogP contribution in [-0.4, -0.2) is 31.7 Å². The van der Waals surface area contributed by atoms with Crippen LogP contribution < -0.4 is 5.32 Å². The summed E-state index contributed by atoms with van der Waals surface area (Å²) >= 11 is 12.0. The summed E-state index contributed by atoms with van der Waals surface area (Å²) in [5.74, 6) is -0.991. The Kier molecular flexibility index (Phi) is 6.66. The largest absolute Gasteiger partial charge is 0.416 e. The molecule has 1 aliphatic heterocycles. The van der Waals surface area contributed by atoms with Crippen molar-refractivity contribution in [3.05, 3.63) is 58.1 Å². The van der Waals surface area contributed by atoms with Crippen LogP contribution in [0.3, 0.4) is 0 Å². The molecule has 162 valence electrons. The highest BCUT2D eigenvalue weighted by atomic mass is 35.5. The predicted molar refractivity (Wildman–Crippen MR) is 108 cm³/mol. The highest BCUT2D eigenvalue weighted by molar-refractivity contribution is 7.89. The summed E-state index contributed by atoms with van der Waals surface area (Å²) in [6, 6.07) is 8.74. The summed E-state index contributed by atoms with van der Waals surface area (Å²) in [7, 11) is -3.94. The Bertz CT molecular complexity index is 1030. The van der Waals surface area contributed by atoms with Gasteiger partial charge in [0.25, 0.3) is 0 Å². The Hall–Kier alpha value is -1.81. The van der Waals surface area contributed by atoms with Gasteiger partial charge in [0.15, 0.2) is 0 Å². The number of halogens is 5. The molecule has 1 N–H and O–H groups in total. The number of amides is 1. The molecule has 0 aliphatic carbocycles. The summed E-state index contributed by atoms with van der Waals surface area (Å²) in [6.07, 6.45) is -4.08. The van der Waals surface area contributed by atoms with Gasteiger partial charge in [0.2, 0.25) is 15.9 Å². The van der Waals surface area contributed by atoms with Crippen molar-refractivity contribution in [3.63, 3.8) is 0 Å². The molecule has 11 heteroatoms. The zero-order chi connectivity index (χ0) is 22.1. The standard InChI is InChI=1S/C19H17Cl2F3N2O3S/c20-15-5-2-6-16(21)17(15)30(28,29)26-9-7-12(8-10-26)18(27)25-14-4-1-3-13(11-14)19(22,23)24/h1-6,11-12H,7-10H2,(H,25,27). The van der Waals surface area contributed by atoms with Crippen LogP contribution in [0.5, 0.6) is 0 Å². The van der Waals surface area contributed by atoms with Gasteiger partial charge in [-0.3, -0.25) is 4.79 Å². The molecule has 0 spiro atoms. The first-order valence-corrected chi connectivity index (χ1v) is 11.1. The van der Waals surface area contributed by atoms with Crippen LogP contribution >= 0.6 is 23.2 Å². The van der Waals surface area contributed by atoms with Crippen LogP contribution in [0, 0.1) is 5.92 Å². The monoisotopic (exact) mass is 480 g/mol. The highest BCUT2D eigenvalue weighted by Crippen LogP contribution is 2.34. The highest BCUT2D eigenvalue weighted by Gasteiger charge is 2.35. The van der Waals surface area contributed by atoms with E-state index in [0.717, 1.165) is 12.1 Å². The quantitative estimate of drug-likeness (QED) is 0.665. The molecule has 0 saturated carbocycles. The molecule has 0 atom stereocenters. The zero-order valence-electron chi connectivity index (χ0n) is 15.4. The van der Waals surface area contributed by atoms with E-state index >= 15 is 0 Å². The molecule has 1 saturated heterocycles. The smallest absolute Gasteiger partial charge is 0.326 e. The van der Waals surface area contributed by atoms with Crippen molar-refractivity contribution in [2.45, 2.75) is 23.9 Å². The second-order valence-electron chi connectivity index (χ2n) is 6.80. The number of alkyl halides is 3. The van der Waals surface area contributed by atoms with E-state index in [-0.39, 0.29) is 46.6 Å². The van der Waals surface area contributed by atoms with Gasteiger partial charge >= 0.3 is 6.18 Å². The van der Waals surface area contributed by atoms with Gasteiger partial charge in [0, 0.05) is 24.7 Å². The minimum Gasteiger partial charge on any atom is -0.326 e. The number of hydrogen-bond acceptors (Lipinski definition) is 3. The molecular formula is C19H17Cl2F3N2O3S. The molecule has 1 heterocycles. The van der Waals surface area contributed by atoms with Gasteiger partial charge in [-0.25, -0.2) is 8.42 Å². The van der Waals surface area contributed by atoms with Gasteiger partial charge in [-0.2, -0.15) is 17.5 Å². The SMILES string of the molecule is O=C(Nc1cccc(C(F)(F)F)c1)C1CCN(S(=O)(=O)c2c(Cl)cccc2Cl)CC1. The third kappa shape index (κ3) is 4.91. The third-order valence-electron chi connectivity index (χ3n) is 4.80. The summed E-state index contributed by atoms with van der Waals surface area (Å²) in [5, 5.41) is 2.49. The Morgan fingerprint density at radius 1 is 1.03 bits per heavy atom. The summed E-state index contributed by atoms with van der Waals surface area (Å²) in [6.45, 7) is 0.120. The molecule has 0 unspecified atom stereocenters. The fourth-order valence-electron chi connectivity index (χ4n) is 3.23. The van der Waals surface area contributed by atoms with Crippen molar-refractivity contribution in [3.8, 4) is 0 Å². The number of carbonyl (C=O) groups excluding carboxylic acids is 1. The van der Waals surface area contributed by atoms with Gasteiger partial charge < -0.3 is 5.32 Å². The van der Waals surface area contributed by atoms with E-state index in [1.807, 2.05) is 0 Å². The molecule has 2 aromatic rings. The maximum atomic E-state index is 12.9. The first-order chi connectivity index (χ1) is 14.0. The van der Waals surface area contributed by atoms with Crippen molar-refractivity contribution in [1.82, 2.24) is 4.31 Å². The zero-order valence-corrected chi connectivity index (χ0v) is 17.7. The molecule has 0 bridgehead atoms. The van der Waals surface area contributed by atoms with Crippen molar-refractivity contribution < 1.29 is 26.4 Å². The normalized spacial score (nSPS) is 16.4. The van der Waals surface area contributed by atoms with E-state index in [1.54, 1.807) is 0 Å². The summed E-state index contributed by atoms with van der Waals surface area (Å²) in [5.41, 5.74) is -0.828. The predicted octanol–water partition coefficient (Wildman–Crippen LogP) is 5.05. The van der Waals surface area contributed by atoms with E-state index in [2.05, 4.69) is 5.32 Å². The van der Waals surface area contributed by atoms with Crippen molar-refractivity contribution in [2.75, 3.05) is 18.4 Å². The van der Waals surface area contributed by atoms with Crippen LogP contribution in [0.1, 0.15) is 18.4 Å². The van der Waals surface area contributed by atoms with Crippen molar-refractivity contribution >= 4 is 44.8 Å². The average Bonchev–Trinajstić information content (AvgIpc) is 2.67. The molecule has 2 aromatic carbocycles. The lowest BCUT2D eigenvalue weighted by molar-refractivity contribution is -0.137. The number of benzene rings is 2. The number of hydrogen-bond donors (Lipinski definition) is 1. The van der Waals surface area contributed by atoms with Gasteiger partial charge in [-0.05, 0) is 43.2 Å². The fourth-order valence-corrected chi connectivity index (χ4v) is 5.80.